The van der Waals surface area contributed by atoms with Crippen molar-refractivity contribution in [3.63, 3.8) is 0 Å². The smallest absolute Gasteiger partial charge is 0.287 e. The predicted molar refractivity (Wildman–Crippen MR) is 128 cm³/mol. The van der Waals surface area contributed by atoms with Crippen LogP contribution in [0.4, 0.5) is 0 Å². The van der Waals surface area contributed by atoms with Gasteiger partial charge in [0.05, 0.1) is 12.6 Å². The topological polar surface area (TPSA) is 26.0 Å². The van der Waals surface area contributed by atoms with Gasteiger partial charge in [-0.2, -0.15) is 0 Å². The van der Waals surface area contributed by atoms with Crippen LogP contribution >= 0.6 is 0 Å². The maximum Gasteiger partial charge on any atom is 0.287 e. The summed E-state index contributed by atoms with van der Waals surface area (Å²) in [5.41, 5.74) is 7.08. The molecule has 1 aliphatic rings. The molecular formula is C28H31N2O+. The summed E-state index contributed by atoms with van der Waals surface area (Å²) in [5.74, 6) is 1.90. The van der Waals surface area contributed by atoms with E-state index >= 15 is 0 Å². The van der Waals surface area contributed by atoms with E-state index in [9.17, 15) is 0 Å². The van der Waals surface area contributed by atoms with Crippen LogP contribution in [0.1, 0.15) is 58.2 Å². The lowest BCUT2D eigenvalue weighted by molar-refractivity contribution is -0.662. The summed E-state index contributed by atoms with van der Waals surface area (Å²) in [4.78, 5) is 4.78. The van der Waals surface area contributed by atoms with Gasteiger partial charge in [-0.05, 0) is 56.8 Å². The highest BCUT2D eigenvalue weighted by Gasteiger charge is 2.35. The molecule has 0 unspecified atom stereocenters. The third kappa shape index (κ3) is 2.86. The van der Waals surface area contributed by atoms with Gasteiger partial charge in [0.15, 0.2) is 11.2 Å². The Hall–Kier alpha value is -2.94. The van der Waals surface area contributed by atoms with Crippen molar-refractivity contribution in [2.45, 2.75) is 59.3 Å². The third-order valence-corrected chi connectivity index (χ3v) is 6.54. The van der Waals surface area contributed by atoms with Gasteiger partial charge in [0.2, 0.25) is 0 Å². The molecule has 3 aromatic carbocycles. The largest absolute Gasteiger partial charge is 0.455 e. The molecule has 0 bridgehead atoms. The van der Waals surface area contributed by atoms with Crippen LogP contribution in [-0.4, -0.2) is 4.98 Å². The van der Waals surface area contributed by atoms with Crippen LogP contribution in [0, 0.1) is 6.92 Å². The number of ether oxygens (including phenoxy) is 1. The highest BCUT2D eigenvalue weighted by atomic mass is 16.5. The van der Waals surface area contributed by atoms with Crippen molar-refractivity contribution in [2.24, 2.45) is 7.05 Å². The normalized spacial score (nSPS) is 13.4. The van der Waals surface area contributed by atoms with Crippen molar-refractivity contribution in [1.29, 1.82) is 0 Å². The molecule has 0 fully saturated rings. The van der Waals surface area contributed by atoms with E-state index in [1.807, 2.05) is 6.33 Å². The molecule has 0 amide bonds. The Labute approximate surface area is 184 Å². The number of fused-ring (bicyclic) bond motifs is 3. The van der Waals surface area contributed by atoms with Crippen molar-refractivity contribution in [1.82, 2.24) is 4.98 Å². The highest BCUT2D eigenvalue weighted by molar-refractivity contribution is 6.06. The number of aromatic nitrogens is 2. The first-order chi connectivity index (χ1) is 14.5. The van der Waals surface area contributed by atoms with Crippen LogP contribution in [-0.2, 0) is 17.9 Å². The fourth-order valence-electron chi connectivity index (χ4n) is 4.96. The van der Waals surface area contributed by atoms with Crippen LogP contribution in [0.25, 0.3) is 32.9 Å². The summed E-state index contributed by atoms with van der Waals surface area (Å²) in [5, 5.41) is 3.66. The van der Waals surface area contributed by atoms with Gasteiger partial charge in [-0.1, -0.05) is 65.8 Å². The molecule has 0 radical (unpaired) electrons. The van der Waals surface area contributed by atoms with Crippen LogP contribution < -0.4 is 9.30 Å². The van der Waals surface area contributed by atoms with E-state index in [2.05, 4.69) is 96.5 Å². The van der Waals surface area contributed by atoms with Crippen molar-refractivity contribution in [3.05, 3.63) is 59.4 Å². The average molecular weight is 412 g/mol. The molecule has 5 rings (SSSR count). The fourth-order valence-corrected chi connectivity index (χ4v) is 4.96. The molecule has 3 nitrogen and oxygen atoms in total. The predicted octanol–water partition coefficient (Wildman–Crippen LogP) is 6.89. The van der Waals surface area contributed by atoms with Crippen molar-refractivity contribution < 1.29 is 9.30 Å². The molecule has 2 heterocycles. The molecule has 1 aliphatic heterocycles. The molecule has 0 spiro atoms. The summed E-state index contributed by atoms with van der Waals surface area (Å²) < 4.78 is 8.98. The average Bonchev–Trinajstić information content (AvgIpc) is 2.68. The summed E-state index contributed by atoms with van der Waals surface area (Å²) in [6.07, 6.45) is 1.94. The van der Waals surface area contributed by atoms with E-state index in [0.717, 1.165) is 22.4 Å². The monoisotopic (exact) mass is 411 g/mol. The lowest BCUT2D eigenvalue weighted by Crippen LogP contribution is -2.33. The van der Waals surface area contributed by atoms with Crippen molar-refractivity contribution >= 4 is 21.7 Å². The molecule has 0 saturated carbocycles. The third-order valence-electron chi connectivity index (χ3n) is 6.54. The van der Waals surface area contributed by atoms with E-state index in [1.54, 1.807) is 0 Å². The molecule has 158 valence electrons. The van der Waals surface area contributed by atoms with Gasteiger partial charge in [-0.25, -0.2) is 4.57 Å². The Balaban J connectivity index is 2.01. The van der Waals surface area contributed by atoms with Crippen LogP contribution in [0.15, 0.2) is 42.7 Å². The van der Waals surface area contributed by atoms with Crippen molar-refractivity contribution in [2.75, 3.05) is 0 Å². The van der Waals surface area contributed by atoms with Gasteiger partial charge >= 0.3 is 0 Å². The summed E-state index contributed by atoms with van der Waals surface area (Å²) in [6, 6.07) is 13.2. The number of hydrogen-bond donors (Lipinski definition) is 0. The standard InChI is InChI=1S/C28H31N2O/c1-16-18-11-9-10-12-19(18)24(28(5,6)7)26-22(16)25-23-20(29-15-30(25)8)13-17(27(2,3)4)14-21(23)31-26/h9-15H,1-8H3/q+1. The summed E-state index contributed by atoms with van der Waals surface area (Å²) in [6.45, 7) is 15.8. The minimum Gasteiger partial charge on any atom is -0.455 e. The maximum absolute atomic E-state index is 6.83. The van der Waals surface area contributed by atoms with Gasteiger partial charge in [0.1, 0.15) is 16.9 Å². The lowest BCUT2D eigenvalue weighted by Gasteiger charge is -2.31. The Kier molecular flexibility index (Phi) is 4.05. The molecule has 0 N–H and O–H groups in total. The van der Waals surface area contributed by atoms with Gasteiger partial charge in [0, 0.05) is 5.56 Å². The molecule has 4 aromatic rings. The van der Waals surface area contributed by atoms with E-state index in [1.165, 1.54) is 38.7 Å². The minimum absolute atomic E-state index is 0.0142. The first kappa shape index (κ1) is 20.0. The second kappa shape index (κ2) is 6.29. The Bertz CT molecular complexity index is 1390. The Morgan fingerprint density at radius 3 is 2.23 bits per heavy atom. The summed E-state index contributed by atoms with van der Waals surface area (Å²) >= 11 is 0. The number of nitrogens with zero attached hydrogens (tertiary/aromatic N) is 2. The van der Waals surface area contributed by atoms with Gasteiger partial charge in [0.25, 0.3) is 6.33 Å². The highest BCUT2D eigenvalue weighted by Crippen LogP contribution is 2.53. The zero-order chi connectivity index (χ0) is 22.3. The maximum atomic E-state index is 6.83. The van der Waals surface area contributed by atoms with Gasteiger partial charge in [-0.15, -0.1) is 0 Å². The van der Waals surface area contributed by atoms with Crippen LogP contribution in [0.3, 0.4) is 0 Å². The second-order valence-electron chi connectivity index (χ2n) is 10.9. The van der Waals surface area contributed by atoms with E-state index in [0.29, 0.717) is 0 Å². The Morgan fingerprint density at radius 1 is 0.903 bits per heavy atom. The fraction of sp³-hybridized carbons (Fsp3) is 0.357. The molecule has 0 atom stereocenters. The molecule has 0 saturated heterocycles. The van der Waals surface area contributed by atoms with Gasteiger partial charge < -0.3 is 4.74 Å². The number of aryl methyl sites for hydroxylation is 2. The van der Waals surface area contributed by atoms with Crippen LogP contribution in [0.2, 0.25) is 0 Å². The zero-order valence-electron chi connectivity index (χ0n) is 19.8. The lowest BCUT2D eigenvalue weighted by atomic mass is 9.78. The minimum atomic E-state index is -0.0682. The number of rotatable bonds is 0. The zero-order valence-corrected chi connectivity index (χ0v) is 19.8. The van der Waals surface area contributed by atoms with E-state index in [-0.39, 0.29) is 10.8 Å². The molecule has 31 heavy (non-hydrogen) atoms. The number of hydrogen-bond acceptors (Lipinski definition) is 2. The first-order valence-corrected chi connectivity index (χ1v) is 11.1. The van der Waals surface area contributed by atoms with Gasteiger partial charge in [-0.3, -0.25) is 0 Å². The molecule has 1 aromatic heterocycles. The molecule has 3 heteroatoms. The molecule has 0 aliphatic carbocycles. The quantitative estimate of drug-likeness (QED) is 0.259. The van der Waals surface area contributed by atoms with Crippen LogP contribution in [0.5, 0.6) is 11.5 Å². The molecular weight excluding hydrogens is 380 g/mol. The van der Waals surface area contributed by atoms with E-state index in [4.69, 9.17) is 9.72 Å². The Morgan fingerprint density at radius 2 is 1.58 bits per heavy atom. The first-order valence-electron chi connectivity index (χ1n) is 11.1. The SMILES string of the molecule is Cc1c2c(c(C(C)(C)C)c3ccccc13)Oc1cc(C(C)(C)C)cc3nc[n+](C)c-2c13. The second-order valence-corrected chi connectivity index (χ2v) is 10.9. The summed E-state index contributed by atoms with van der Waals surface area (Å²) in [7, 11) is 2.09. The number of benzene rings is 3. The van der Waals surface area contributed by atoms with E-state index < -0.39 is 0 Å². The van der Waals surface area contributed by atoms with Crippen molar-refractivity contribution in [3.8, 4) is 22.8 Å².